The molecule has 4 aliphatic carbocycles. The fraction of sp³-hybridized carbons (Fsp3) is 0.600. The molecule has 2 saturated carbocycles. The number of hydrogen-bond acceptors (Lipinski definition) is 3. The standard InChI is InChI=1S/C25H30N2O/c1-24-9-7-19(28)12-18(24)3-4-20-22-6-5-21(25(22,2)10-8-23(20)24)17-11-16(13-26)14-27-15-17/h3,5,11,14-15,19-20,22-23,28H,4,6-10,12H2,1-2H3/t19-,20-,22-,23-,24-,25+/m0/s1. The van der Waals surface area contributed by atoms with Gasteiger partial charge in [-0.2, -0.15) is 5.26 Å². The Morgan fingerprint density at radius 1 is 1.07 bits per heavy atom. The summed E-state index contributed by atoms with van der Waals surface area (Å²) in [6.07, 6.45) is 16.2. The van der Waals surface area contributed by atoms with Crippen LogP contribution in [0.5, 0.6) is 0 Å². The Labute approximate surface area is 168 Å². The summed E-state index contributed by atoms with van der Waals surface area (Å²) in [5.41, 5.74) is 5.22. The van der Waals surface area contributed by atoms with Gasteiger partial charge in [0.1, 0.15) is 6.07 Å². The normalized spacial score (nSPS) is 41.8. The van der Waals surface area contributed by atoms with E-state index in [2.05, 4.69) is 37.1 Å². The van der Waals surface area contributed by atoms with Crippen LogP contribution in [0.25, 0.3) is 5.57 Å². The van der Waals surface area contributed by atoms with Crippen molar-refractivity contribution in [2.24, 2.45) is 28.6 Å². The fourth-order valence-electron chi connectivity index (χ4n) is 7.30. The van der Waals surface area contributed by atoms with Gasteiger partial charge in [-0.25, -0.2) is 0 Å². The van der Waals surface area contributed by atoms with Crippen molar-refractivity contribution in [2.75, 3.05) is 0 Å². The van der Waals surface area contributed by atoms with E-state index in [1.807, 2.05) is 12.3 Å². The molecule has 0 spiro atoms. The van der Waals surface area contributed by atoms with Crippen molar-refractivity contribution in [1.82, 2.24) is 4.98 Å². The smallest absolute Gasteiger partial charge is 0.101 e. The van der Waals surface area contributed by atoms with Crippen molar-refractivity contribution >= 4 is 5.57 Å². The highest BCUT2D eigenvalue weighted by Crippen LogP contribution is 2.66. The van der Waals surface area contributed by atoms with Crippen LogP contribution in [0.1, 0.15) is 69.9 Å². The van der Waals surface area contributed by atoms with Crippen LogP contribution >= 0.6 is 0 Å². The number of fused-ring (bicyclic) bond motifs is 5. The Hall–Kier alpha value is -1.92. The molecule has 0 saturated heterocycles. The van der Waals surface area contributed by atoms with E-state index in [0.29, 0.717) is 11.5 Å². The molecule has 1 aromatic rings. The molecular formula is C25H30N2O. The number of rotatable bonds is 1. The van der Waals surface area contributed by atoms with Crippen molar-refractivity contribution in [3.63, 3.8) is 0 Å². The molecular weight excluding hydrogens is 344 g/mol. The Bertz CT molecular complexity index is 909. The minimum absolute atomic E-state index is 0.135. The van der Waals surface area contributed by atoms with Gasteiger partial charge < -0.3 is 5.11 Å². The predicted molar refractivity (Wildman–Crippen MR) is 110 cm³/mol. The fourth-order valence-corrected chi connectivity index (χ4v) is 7.30. The van der Waals surface area contributed by atoms with Crippen LogP contribution in [0.3, 0.4) is 0 Å². The van der Waals surface area contributed by atoms with Crippen molar-refractivity contribution in [1.29, 1.82) is 5.26 Å². The van der Waals surface area contributed by atoms with Gasteiger partial charge in [-0.3, -0.25) is 4.98 Å². The minimum atomic E-state index is -0.135. The minimum Gasteiger partial charge on any atom is -0.393 e. The maximum absolute atomic E-state index is 10.2. The second-order valence-electron chi connectivity index (χ2n) is 10.0. The van der Waals surface area contributed by atoms with Gasteiger partial charge in [0.15, 0.2) is 0 Å². The lowest BCUT2D eigenvalue weighted by Gasteiger charge is -2.57. The lowest BCUT2D eigenvalue weighted by molar-refractivity contribution is -0.0238. The lowest BCUT2D eigenvalue weighted by Crippen LogP contribution is -2.49. The molecule has 3 nitrogen and oxygen atoms in total. The quantitative estimate of drug-likeness (QED) is 0.681. The van der Waals surface area contributed by atoms with Gasteiger partial charge in [-0.15, -0.1) is 0 Å². The van der Waals surface area contributed by atoms with E-state index in [1.54, 1.807) is 6.20 Å². The number of aliphatic hydroxyl groups excluding tert-OH is 1. The van der Waals surface area contributed by atoms with E-state index in [-0.39, 0.29) is 16.9 Å². The number of aliphatic hydroxyl groups is 1. The Morgan fingerprint density at radius 2 is 1.89 bits per heavy atom. The molecule has 0 radical (unpaired) electrons. The summed E-state index contributed by atoms with van der Waals surface area (Å²) in [4.78, 5) is 4.33. The third-order valence-electron chi connectivity index (χ3n) is 8.84. The zero-order chi connectivity index (χ0) is 19.5. The van der Waals surface area contributed by atoms with Crippen molar-refractivity contribution in [3.8, 4) is 6.07 Å². The number of nitrogens with zero attached hydrogens (tertiary/aromatic N) is 2. The lowest BCUT2D eigenvalue weighted by atomic mass is 9.47. The molecule has 2 fully saturated rings. The summed E-state index contributed by atoms with van der Waals surface area (Å²) in [5.74, 6) is 2.14. The summed E-state index contributed by atoms with van der Waals surface area (Å²) in [7, 11) is 0. The first kappa shape index (κ1) is 18.1. The van der Waals surface area contributed by atoms with Gasteiger partial charge in [0, 0.05) is 12.4 Å². The third-order valence-corrected chi connectivity index (χ3v) is 8.84. The molecule has 3 heteroatoms. The van der Waals surface area contributed by atoms with E-state index in [9.17, 15) is 10.4 Å². The molecule has 28 heavy (non-hydrogen) atoms. The zero-order valence-corrected chi connectivity index (χ0v) is 17.0. The molecule has 146 valence electrons. The van der Waals surface area contributed by atoms with Crippen LogP contribution in [0, 0.1) is 39.9 Å². The second-order valence-corrected chi connectivity index (χ2v) is 10.0. The molecule has 0 aromatic carbocycles. The van der Waals surface area contributed by atoms with E-state index in [4.69, 9.17) is 0 Å². The summed E-state index contributed by atoms with van der Waals surface area (Å²) in [6, 6.07) is 4.26. The van der Waals surface area contributed by atoms with Crippen LogP contribution in [-0.4, -0.2) is 16.2 Å². The SMILES string of the molecule is C[C@]12CC[C@H](O)CC1=CC[C@@H]1[C@@H]2CC[C@]2(C)C(c3cncc(C#N)c3)=CC[C@@H]12. The zero-order valence-electron chi connectivity index (χ0n) is 17.0. The molecule has 1 N–H and O–H groups in total. The molecule has 0 bridgehead atoms. The van der Waals surface area contributed by atoms with E-state index in [1.165, 1.54) is 30.4 Å². The number of nitriles is 1. The Morgan fingerprint density at radius 3 is 2.71 bits per heavy atom. The van der Waals surface area contributed by atoms with Gasteiger partial charge in [0.2, 0.25) is 0 Å². The van der Waals surface area contributed by atoms with Crippen LogP contribution < -0.4 is 0 Å². The topological polar surface area (TPSA) is 56.9 Å². The second kappa shape index (κ2) is 6.29. The molecule has 6 atom stereocenters. The van der Waals surface area contributed by atoms with Crippen LogP contribution in [0.15, 0.2) is 36.2 Å². The largest absolute Gasteiger partial charge is 0.393 e. The number of aromatic nitrogens is 1. The molecule has 4 aliphatic rings. The summed E-state index contributed by atoms with van der Waals surface area (Å²) in [5, 5.41) is 19.5. The first-order valence-corrected chi connectivity index (χ1v) is 10.9. The molecule has 5 rings (SSSR count). The molecule has 0 amide bonds. The number of hydrogen-bond donors (Lipinski definition) is 1. The number of pyridine rings is 1. The number of allylic oxidation sites excluding steroid dienone is 3. The van der Waals surface area contributed by atoms with Crippen LogP contribution in [-0.2, 0) is 0 Å². The Balaban J connectivity index is 1.47. The van der Waals surface area contributed by atoms with Crippen molar-refractivity contribution in [2.45, 2.75) is 64.9 Å². The van der Waals surface area contributed by atoms with Crippen molar-refractivity contribution < 1.29 is 5.11 Å². The molecule has 1 heterocycles. The maximum Gasteiger partial charge on any atom is 0.101 e. The molecule has 1 aromatic heterocycles. The van der Waals surface area contributed by atoms with Gasteiger partial charge in [-0.05, 0) is 90.7 Å². The van der Waals surface area contributed by atoms with Crippen LogP contribution in [0.2, 0.25) is 0 Å². The van der Waals surface area contributed by atoms with Gasteiger partial charge >= 0.3 is 0 Å². The highest BCUT2D eigenvalue weighted by Gasteiger charge is 2.56. The van der Waals surface area contributed by atoms with Gasteiger partial charge in [0.05, 0.1) is 11.7 Å². The highest BCUT2D eigenvalue weighted by molar-refractivity contribution is 5.73. The Kier molecular flexibility index (Phi) is 4.07. The average molecular weight is 375 g/mol. The summed E-state index contributed by atoms with van der Waals surface area (Å²) in [6.45, 7) is 4.94. The molecule has 0 unspecified atom stereocenters. The average Bonchev–Trinajstić information content (AvgIpc) is 3.06. The molecule has 0 aliphatic heterocycles. The maximum atomic E-state index is 10.2. The summed E-state index contributed by atoms with van der Waals surface area (Å²) >= 11 is 0. The van der Waals surface area contributed by atoms with E-state index >= 15 is 0 Å². The van der Waals surface area contributed by atoms with E-state index in [0.717, 1.165) is 43.1 Å². The van der Waals surface area contributed by atoms with Crippen LogP contribution in [0.4, 0.5) is 0 Å². The van der Waals surface area contributed by atoms with Gasteiger partial charge in [-0.1, -0.05) is 31.6 Å². The first-order valence-electron chi connectivity index (χ1n) is 10.9. The third kappa shape index (κ3) is 2.47. The van der Waals surface area contributed by atoms with Crippen molar-refractivity contribution in [3.05, 3.63) is 47.3 Å². The summed E-state index contributed by atoms with van der Waals surface area (Å²) < 4.78 is 0. The van der Waals surface area contributed by atoms with Gasteiger partial charge in [0.25, 0.3) is 0 Å². The first-order chi connectivity index (χ1) is 13.5. The monoisotopic (exact) mass is 374 g/mol. The highest BCUT2D eigenvalue weighted by atomic mass is 16.3. The predicted octanol–water partition coefficient (Wildman–Crippen LogP) is 5.27. The van der Waals surface area contributed by atoms with E-state index < -0.39 is 0 Å².